The summed E-state index contributed by atoms with van der Waals surface area (Å²) in [6.07, 6.45) is 1.63. The first-order valence-electron chi connectivity index (χ1n) is 8.14. The van der Waals surface area contributed by atoms with Gasteiger partial charge in [0.1, 0.15) is 5.75 Å². The summed E-state index contributed by atoms with van der Waals surface area (Å²) in [5.41, 5.74) is 3.77. The molecule has 0 aliphatic carbocycles. The first kappa shape index (κ1) is 19.0. The third-order valence-corrected chi connectivity index (χ3v) is 4.54. The molecule has 8 heteroatoms. The molecular formula is C19H18F2N4OS. The Morgan fingerprint density at radius 3 is 2.48 bits per heavy atom. The van der Waals surface area contributed by atoms with Gasteiger partial charge in [0.05, 0.1) is 13.3 Å². The van der Waals surface area contributed by atoms with Crippen molar-refractivity contribution in [1.82, 2.24) is 14.9 Å². The first-order chi connectivity index (χ1) is 13.0. The van der Waals surface area contributed by atoms with Crippen LogP contribution in [0.2, 0.25) is 0 Å². The van der Waals surface area contributed by atoms with Crippen LogP contribution in [0.3, 0.4) is 0 Å². The molecule has 0 radical (unpaired) electrons. The highest BCUT2D eigenvalue weighted by molar-refractivity contribution is 7.99. The topological polar surface area (TPSA) is 52.3 Å². The molecule has 1 aromatic heterocycles. The molecule has 0 saturated heterocycles. The Labute approximate surface area is 160 Å². The molecule has 0 amide bonds. The highest BCUT2D eigenvalue weighted by Crippen LogP contribution is 2.28. The van der Waals surface area contributed by atoms with Gasteiger partial charge in [-0.3, -0.25) is 0 Å². The minimum absolute atomic E-state index is 0.0248. The largest absolute Gasteiger partial charge is 0.497 e. The van der Waals surface area contributed by atoms with Crippen LogP contribution >= 0.6 is 11.8 Å². The van der Waals surface area contributed by atoms with Crippen molar-refractivity contribution in [2.75, 3.05) is 7.11 Å². The average molecular weight is 388 g/mol. The summed E-state index contributed by atoms with van der Waals surface area (Å²) in [4.78, 5) is 0. The number of hydrogen-bond acceptors (Lipinski definition) is 5. The molecular weight excluding hydrogens is 370 g/mol. The van der Waals surface area contributed by atoms with E-state index in [1.165, 1.54) is 4.68 Å². The summed E-state index contributed by atoms with van der Waals surface area (Å²) < 4.78 is 32.3. The van der Waals surface area contributed by atoms with Gasteiger partial charge in [-0.05, 0) is 61.0 Å². The summed E-state index contributed by atoms with van der Waals surface area (Å²) in [6.45, 7) is 3.98. The molecule has 3 rings (SSSR count). The maximum Gasteiger partial charge on any atom is 0.291 e. The van der Waals surface area contributed by atoms with Crippen molar-refractivity contribution in [1.29, 1.82) is 0 Å². The van der Waals surface area contributed by atoms with Crippen LogP contribution in [0.4, 0.5) is 8.78 Å². The quantitative estimate of drug-likeness (QED) is 0.451. The Kier molecular flexibility index (Phi) is 5.85. The van der Waals surface area contributed by atoms with Crippen LogP contribution < -0.4 is 4.74 Å². The predicted molar refractivity (Wildman–Crippen MR) is 103 cm³/mol. The van der Waals surface area contributed by atoms with Crippen molar-refractivity contribution in [3.05, 3.63) is 59.2 Å². The molecule has 0 unspecified atom stereocenters. The van der Waals surface area contributed by atoms with Crippen LogP contribution in [0.25, 0.3) is 11.4 Å². The van der Waals surface area contributed by atoms with Gasteiger partial charge in [0.25, 0.3) is 5.76 Å². The number of aryl methyl sites for hydroxylation is 2. The second-order valence-corrected chi connectivity index (χ2v) is 6.79. The van der Waals surface area contributed by atoms with Crippen LogP contribution in [-0.2, 0) is 0 Å². The van der Waals surface area contributed by atoms with Crippen LogP contribution in [0, 0.1) is 13.8 Å². The van der Waals surface area contributed by atoms with E-state index in [0.29, 0.717) is 28.9 Å². The van der Waals surface area contributed by atoms with Gasteiger partial charge in [-0.25, -0.2) is 0 Å². The molecule has 2 aromatic carbocycles. The number of rotatable bonds is 6. The van der Waals surface area contributed by atoms with Crippen molar-refractivity contribution in [3.63, 3.8) is 0 Å². The standard InChI is InChI=1S/C19H18F2N4OS/c1-12-4-5-15(13(2)10-12)11-22-25-17(23-24-19(25)27-18(20)21)14-6-8-16(26-3)9-7-14/h4-11,18H,1-3H3/b22-11-. The van der Waals surface area contributed by atoms with Crippen molar-refractivity contribution in [2.45, 2.75) is 24.8 Å². The normalized spacial score (nSPS) is 11.5. The van der Waals surface area contributed by atoms with Gasteiger partial charge in [-0.1, -0.05) is 23.8 Å². The molecule has 0 saturated carbocycles. The number of hydrogen-bond donors (Lipinski definition) is 0. The van der Waals surface area contributed by atoms with E-state index < -0.39 is 5.76 Å². The Bertz CT molecular complexity index is 955. The highest BCUT2D eigenvalue weighted by atomic mass is 32.2. The fourth-order valence-corrected chi connectivity index (χ4v) is 3.01. The molecule has 140 valence electrons. The highest BCUT2D eigenvalue weighted by Gasteiger charge is 2.18. The number of halogens is 2. The van der Waals surface area contributed by atoms with E-state index in [2.05, 4.69) is 15.3 Å². The lowest BCUT2D eigenvalue weighted by Gasteiger charge is -2.06. The van der Waals surface area contributed by atoms with E-state index in [0.717, 1.165) is 16.7 Å². The molecule has 5 nitrogen and oxygen atoms in total. The van der Waals surface area contributed by atoms with Gasteiger partial charge in [0.15, 0.2) is 5.82 Å². The summed E-state index contributed by atoms with van der Waals surface area (Å²) in [6, 6.07) is 13.0. The zero-order chi connectivity index (χ0) is 19.4. The van der Waals surface area contributed by atoms with Gasteiger partial charge in [0.2, 0.25) is 5.16 Å². The minimum Gasteiger partial charge on any atom is -0.497 e. The number of alkyl halides is 2. The molecule has 1 heterocycles. The van der Waals surface area contributed by atoms with Crippen LogP contribution in [0.1, 0.15) is 16.7 Å². The molecule has 0 bridgehead atoms. The summed E-state index contributed by atoms with van der Waals surface area (Å²) >= 11 is 0.308. The van der Waals surface area contributed by atoms with E-state index in [4.69, 9.17) is 4.74 Å². The maximum absolute atomic E-state index is 12.9. The summed E-state index contributed by atoms with van der Waals surface area (Å²) in [7, 11) is 1.57. The Morgan fingerprint density at radius 1 is 1.11 bits per heavy atom. The Morgan fingerprint density at radius 2 is 1.85 bits per heavy atom. The van der Waals surface area contributed by atoms with Gasteiger partial charge in [0, 0.05) is 5.56 Å². The first-order valence-corrected chi connectivity index (χ1v) is 9.02. The van der Waals surface area contributed by atoms with Crippen molar-refractivity contribution in [3.8, 4) is 17.1 Å². The van der Waals surface area contributed by atoms with Crippen LogP contribution in [0.5, 0.6) is 5.75 Å². The van der Waals surface area contributed by atoms with Gasteiger partial charge >= 0.3 is 0 Å². The van der Waals surface area contributed by atoms with Crippen molar-refractivity contribution < 1.29 is 13.5 Å². The Hall–Kier alpha value is -2.74. The van der Waals surface area contributed by atoms with E-state index >= 15 is 0 Å². The average Bonchev–Trinajstić information content (AvgIpc) is 3.03. The van der Waals surface area contributed by atoms with Gasteiger partial charge in [-0.15, -0.1) is 10.2 Å². The van der Waals surface area contributed by atoms with Crippen molar-refractivity contribution in [2.24, 2.45) is 5.10 Å². The molecule has 0 fully saturated rings. The third kappa shape index (κ3) is 4.51. The number of thioether (sulfide) groups is 1. The predicted octanol–water partition coefficient (Wildman–Crippen LogP) is 4.77. The SMILES string of the molecule is COc1ccc(-c2nnc(SC(F)F)n2/N=C\c2ccc(C)cc2C)cc1. The lowest BCUT2D eigenvalue weighted by atomic mass is 10.1. The molecule has 3 aromatic rings. The Balaban J connectivity index is 2.02. The van der Waals surface area contributed by atoms with E-state index in [9.17, 15) is 8.78 Å². The number of benzene rings is 2. The van der Waals surface area contributed by atoms with E-state index in [1.807, 2.05) is 32.0 Å². The number of aromatic nitrogens is 3. The molecule has 0 atom stereocenters. The number of nitrogens with zero attached hydrogens (tertiary/aromatic N) is 4. The number of ether oxygens (including phenoxy) is 1. The second-order valence-electron chi connectivity index (χ2n) is 5.83. The smallest absolute Gasteiger partial charge is 0.291 e. The molecule has 27 heavy (non-hydrogen) atoms. The second kappa shape index (κ2) is 8.30. The van der Waals surface area contributed by atoms with E-state index in [-0.39, 0.29) is 5.16 Å². The summed E-state index contributed by atoms with van der Waals surface area (Å²) in [5, 5.41) is 12.3. The van der Waals surface area contributed by atoms with Gasteiger partial charge < -0.3 is 4.74 Å². The fourth-order valence-electron chi connectivity index (χ4n) is 2.53. The lowest BCUT2D eigenvalue weighted by molar-refractivity contribution is 0.251. The summed E-state index contributed by atoms with van der Waals surface area (Å²) in [5.74, 6) is -1.56. The monoisotopic (exact) mass is 388 g/mol. The molecule has 0 aliphatic heterocycles. The fraction of sp³-hybridized carbons (Fsp3) is 0.211. The minimum atomic E-state index is -2.62. The van der Waals surface area contributed by atoms with Crippen LogP contribution in [-0.4, -0.2) is 34.0 Å². The third-order valence-electron chi connectivity index (χ3n) is 3.89. The van der Waals surface area contributed by atoms with Crippen LogP contribution in [0.15, 0.2) is 52.7 Å². The maximum atomic E-state index is 12.9. The van der Waals surface area contributed by atoms with Gasteiger partial charge in [-0.2, -0.15) is 18.6 Å². The van der Waals surface area contributed by atoms with Crippen molar-refractivity contribution >= 4 is 18.0 Å². The zero-order valence-corrected chi connectivity index (χ0v) is 15.9. The molecule has 0 N–H and O–H groups in total. The van der Waals surface area contributed by atoms with E-state index in [1.54, 1.807) is 37.6 Å². The zero-order valence-electron chi connectivity index (χ0n) is 15.1. The molecule has 0 aliphatic rings. The number of methoxy groups -OCH3 is 1. The lowest BCUT2D eigenvalue weighted by Crippen LogP contribution is -1.99. The molecule has 0 spiro atoms.